The van der Waals surface area contributed by atoms with Crippen LogP contribution in [0.25, 0.3) is 0 Å². The van der Waals surface area contributed by atoms with Gasteiger partial charge in [-0.2, -0.15) is 0 Å². The van der Waals surface area contributed by atoms with Crippen LogP contribution in [0.4, 0.5) is 0 Å². The van der Waals surface area contributed by atoms with Crippen molar-refractivity contribution in [2.75, 3.05) is 6.61 Å². The van der Waals surface area contributed by atoms with Crippen LogP contribution in [-0.4, -0.2) is 11.6 Å². The Kier molecular flexibility index (Phi) is 3.70. The summed E-state index contributed by atoms with van der Waals surface area (Å²) in [5.41, 5.74) is 2.36. The Labute approximate surface area is 104 Å². The fourth-order valence-corrected chi connectivity index (χ4v) is 1.82. The second-order valence-corrected chi connectivity index (χ2v) is 5.69. The molecule has 0 spiro atoms. The molecule has 0 bridgehead atoms. The van der Waals surface area contributed by atoms with Crippen molar-refractivity contribution in [3.8, 4) is 5.88 Å². The Morgan fingerprint density at radius 3 is 2.41 bits per heavy atom. The van der Waals surface area contributed by atoms with Crippen molar-refractivity contribution in [2.24, 2.45) is 5.92 Å². The molecule has 1 fully saturated rings. The summed E-state index contributed by atoms with van der Waals surface area (Å²) in [6.45, 7) is 9.56. The summed E-state index contributed by atoms with van der Waals surface area (Å²) >= 11 is 0. The van der Waals surface area contributed by atoms with Crippen LogP contribution in [0.5, 0.6) is 5.88 Å². The van der Waals surface area contributed by atoms with Gasteiger partial charge in [-0.05, 0) is 36.7 Å². The fraction of sp³-hybridized carbons (Fsp3) is 0.667. The van der Waals surface area contributed by atoms with E-state index >= 15 is 0 Å². The number of ether oxygens (including phenoxy) is 1. The van der Waals surface area contributed by atoms with E-state index in [1.165, 1.54) is 18.4 Å². The molecule has 1 aliphatic carbocycles. The maximum atomic E-state index is 5.90. The third kappa shape index (κ3) is 3.21. The molecule has 1 saturated carbocycles. The molecule has 1 heterocycles. The van der Waals surface area contributed by atoms with Gasteiger partial charge in [0.2, 0.25) is 5.88 Å². The zero-order chi connectivity index (χ0) is 12.4. The first-order valence-corrected chi connectivity index (χ1v) is 6.71. The molecule has 94 valence electrons. The van der Waals surface area contributed by atoms with E-state index in [2.05, 4.69) is 44.8 Å². The lowest BCUT2D eigenvalue weighted by molar-refractivity contribution is 0.283. The number of rotatable bonds is 5. The fourth-order valence-electron chi connectivity index (χ4n) is 1.82. The van der Waals surface area contributed by atoms with E-state index in [9.17, 15) is 0 Å². The molecule has 17 heavy (non-hydrogen) atoms. The lowest BCUT2D eigenvalue weighted by Gasteiger charge is -2.15. The average Bonchev–Trinajstić information content (AvgIpc) is 3.09. The topological polar surface area (TPSA) is 22.1 Å². The molecule has 2 heteroatoms. The van der Waals surface area contributed by atoms with Gasteiger partial charge in [-0.3, -0.25) is 0 Å². The minimum atomic E-state index is 0.458. The molecule has 1 aliphatic rings. The number of nitrogens with zero attached hydrogens (tertiary/aromatic N) is 1. The first kappa shape index (κ1) is 12.4. The highest BCUT2D eigenvalue weighted by Crippen LogP contribution is 2.32. The lowest BCUT2D eigenvalue weighted by atomic mass is 10.0. The van der Waals surface area contributed by atoms with E-state index < -0.39 is 0 Å². The lowest BCUT2D eigenvalue weighted by Crippen LogP contribution is -2.06. The van der Waals surface area contributed by atoms with Crippen LogP contribution < -0.4 is 4.74 Å². The van der Waals surface area contributed by atoms with Gasteiger partial charge in [0.15, 0.2) is 0 Å². The van der Waals surface area contributed by atoms with E-state index in [0.717, 1.165) is 24.1 Å². The van der Waals surface area contributed by atoms with Crippen LogP contribution in [0.15, 0.2) is 12.1 Å². The van der Waals surface area contributed by atoms with Crippen molar-refractivity contribution < 1.29 is 4.74 Å². The zero-order valence-corrected chi connectivity index (χ0v) is 11.4. The minimum absolute atomic E-state index is 0.458. The van der Waals surface area contributed by atoms with Gasteiger partial charge in [-0.25, -0.2) is 4.98 Å². The molecule has 0 aliphatic heterocycles. The molecular formula is C15H23NO. The van der Waals surface area contributed by atoms with Crippen LogP contribution in [0.1, 0.15) is 63.6 Å². The van der Waals surface area contributed by atoms with Crippen molar-refractivity contribution in [1.82, 2.24) is 4.98 Å². The van der Waals surface area contributed by atoms with Crippen molar-refractivity contribution >= 4 is 0 Å². The van der Waals surface area contributed by atoms with Crippen molar-refractivity contribution in [2.45, 2.75) is 52.4 Å². The molecule has 0 radical (unpaired) electrons. The maximum Gasteiger partial charge on any atom is 0.217 e. The number of aromatic nitrogens is 1. The molecule has 0 aromatic carbocycles. The molecule has 0 amide bonds. The minimum Gasteiger partial charge on any atom is -0.477 e. The Morgan fingerprint density at radius 2 is 1.88 bits per heavy atom. The van der Waals surface area contributed by atoms with E-state index in [4.69, 9.17) is 4.74 Å². The SMILES string of the molecule is CC(C)c1ccc(C(C)C)c(OCC2CC2)n1. The maximum absolute atomic E-state index is 5.90. The molecule has 2 rings (SSSR count). The first-order chi connectivity index (χ1) is 8.08. The molecular weight excluding hydrogens is 210 g/mol. The molecule has 2 nitrogen and oxygen atoms in total. The Hall–Kier alpha value is -1.05. The first-order valence-electron chi connectivity index (χ1n) is 6.71. The number of pyridine rings is 1. The van der Waals surface area contributed by atoms with Gasteiger partial charge in [0.1, 0.15) is 0 Å². The van der Waals surface area contributed by atoms with E-state index in [0.29, 0.717) is 11.8 Å². The standard InChI is InChI=1S/C15H23NO/c1-10(2)13-7-8-14(11(3)4)16-15(13)17-9-12-5-6-12/h7-8,10-12H,5-6,9H2,1-4H3. The van der Waals surface area contributed by atoms with Gasteiger partial charge in [0, 0.05) is 11.3 Å². The van der Waals surface area contributed by atoms with Crippen LogP contribution in [0, 0.1) is 5.92 Å². The quantitative estimate of drug-likeness (QED) is 0.763. The summed E-state index contributed by atoms with van der Waals surface area (Å²) in [6, 6.07) is 4.30. The Balaban J connectivity index is 2.18. The normalized spacial score (nSPS) is 15.6. The van der Waals surface area contributed by atoms with Crippen LogP contribution >= 0.6 is 0 Å². The highest BCUT2D eigenvalue weighted by atomic mass is 16.5. The average molecular weight is 233 g/mol. The predicted octanol–water partition coefficient (Wildman–Crippen LogP) is 4.12. The second kappa shape index (κ2) is 5.07. The smallest absolute Gasteiger partial charge is 0.217 e. The van der Waals surface area contributed by atoms with Gasteiger partial charge in [-0.15, -0.1) is 0 Å². The van der Waals surface area contributed by atoms with Crippen molar-refractivity contribution in [3.63, 3.8) is 0 Å². The van der Waals surface area contributed by atoms with Crippen LogP contribution in [0.3, 0.4) is 0 Å². The van der Waals surface area contributed by atoms with E-state index in [-0.39, 0.29) is 0 Å². The summed E-state index contributed by atoms with van der Waals surface area (Å²) in [7, 11) is 0. The largest absolute Gasteiger partial charge is 0.477 e. The summed E-state index contributed by atoms with van der Waals surface area (Å²) in [5, 5.41) is 0. The molecule has 0 atom stereocenters. The zero-order valence-electron chi connectivity index (χ0n) is 11.4. The Bertz CT molecular complexity index is 381. The molecule has 1 aromatic heterocycles. The molecule has 0 N–H and O–H groups in total. The highest BCUT2D eigenvalue weighted by molar-refractivity contribution is 5.31. The van der Waals surface area contributed by atoms with Gasteiger partial charge in [-0.1, -0.05) is 33.8 Å². The summed E-state index contributed by atoms with van der Waals surface area (Å²) in [6.07, 6.45) is 2.64. The Morgan fingerprint density at radius 1 is 1.18 bits per heavy atom. The summed E-state index contributed by atoms with van der Waals surface area (Å²) in [5.74, 6) is 2.56. The van der Waals surface area contributed by atoms with Gasteiger partial charge in [0.25, 0.3) is 0 Å². The monoisotopic (exact) mass is 233 g/mol. The van der Waals surface area contributed by atoms with Crippen LogP contribution in [-0.2, 0) is 0 Å². The van der Waals surface area contributed by atoms with E-state index in [1.54, 1.807) is 0 Å². The number of hydrogen-bond acceptors (Lipinski definition) is 2. The van der Waals surface area contributed by atoms with Crippen molar-refractivity contribution in [3.05, 3.63) is 23.4 Å². The van der Waals surface area contributed by atoms with Crippen LogP contribution in [0.2, 0.25) is 0 Å². The van der Waals surface area contributed by atoms with E-state index in [1.807, 2.05) is 0 Å². The van der Waals surface area contributed by atoms with Gasteiger partial charge >= 0.3 is 0 Å². The summed E-state index contributed by atoms with van der Waals surface area (Å²) < 4.78 is 5.90. The highest BCUT2D eigenvalue weighted by Gasteiger charge is 2.23. The third-order valence-corrected chi connectivity index (χ3v) is 3.28. The molecule has 1 aromatic rings. The van der Waals surface area contributed by atoms with Crippen molar-refractivity contribution in [1.29, 1.82) is 0 Å². The predicted molar refractivity (Wildman–Crippen MR) is 70.6 cm³/mol. The number of hydrogen-bond donors (Lipinski definition) is 0. The van der Waals surface area contributed by atoms with Gasteiger partial charge < -0.3 is 4.74 Å². The second-order valence-electron chi connectivity index (χ2n) is 5.69. The third-order valence-electron chi connectivity index (χ3n) is 3.28. The molecule has 0 saturated heterocycles. The van der Waals surface area contributed by atoms with Gasteiger partial charge in [0.05, 0.1) is 6.61 Å². The molecule has 0 unspecified atom stereocenters. The summed E-state index contributed by atoms with van der Waals surface area (Å²) in [4.78, 5) is 4.67.